The van der Waals surface area contributed by atoms with E-state index >= 15 is 0 Å². The Morgan fingerprint density at radius 3 is 2.67 bits per heavy atom. The first-order valence-electron chi connectivity index (χ1n) is 6.98. The van der Waals surface area contributed by atoms with Crippen LogP contribution in [0.1, 0.15) is 22.8 Å². The quantitative estimate of drug-likeness (QED) is 0.655. The third-order valence-corrected chi connectivity index (χ3v) is 3.43. The number of nitrogens with two attached hydrogens (primary N) is 1. The molecule has 0 aliphatic carbocycles. The maximum atomic E-state index is 12.1. The van der Waals surface area contributed by atoms with Crippen molar-refractivity contribution in [3.8, 4) is 6.07 Å². The molecule has 0 aromatic heterocycles. The molecule has 0 radical (unpaired) electrons. The number of rotatable bonds is 4. The van der Waals surface area contributed by atoms with Crippen LogP contribution in [0.3, 0.4) is 0 Å². The number of carbonyl (C=O) groups excluding carboxylic acids is 2. The lowest BCUT2D eigenvalue weighted by Crippen LogP contribution is -2.30. The number of nitriles is 1. The predicted molar refractivity (Wildman–Crippen MR) is 90.5 cm³/mol. The Morgan fingerprint density at radius 1 is 1.29 bits per heavy atom. The maximum Gasteiger partial charge on any atom is 0.341 e. The maximum absolute atomic E-state index is 12.1. The van der Waals surface area contributed by atoms with E-state index in [0.29, 0.717) is 16.3 Å². The summed E-state index contributed by atoms with van der Waals surface area (Å²) in [5.41, 5.74) is 6.66. The fraction of sp³-hybridized carbons (Fsp3) is 0.118. The molecule has 0 aliphatic heterocycles. The van der Waals surface area contributed by atoms with E-state index in [1.165, 1.54) is 25.1 Å². The van der Waals surface area contributed by atoms with Crippen molar-refractivity contribution in [3.05, 3.63) is 58.6 Å². The second kappa shape index (κ2) is 7.49. The smallest absolute Gasteiger partial charge is 0.341 e. The minimum absolute atomic E-state index is 0.122. The standard InChI is InChI=1S/C17H14ClN3O3/c1-10(16(22)21-15-5-3-2-4-11(15)9-19)24-17(23)13-7-6-12(18)8-14(13)20/h2-8,10H,20H2,1H3,(H,21,22)/t10-/m1/s1. The molecule has 0 fully saturated rings. The van der Waals surface area contributed by atoms with Crippen molar-refractivity contribution < 1.29 is 14.3 Å². The average Bonchev–Trinajstić information content (AvgIpc) is 2.55. The van der Waals surface area contributed by atoms with Gasteiger partial charge in [0.1, 0.15) is 6.07 Å². The number of esters is 1. The van der Waals surface area contributed by atoms with Gasteiger partial charge in [0.25, 0.3) is 5.91 Å². The van der Waals surface area contributed by atoms with Crippen molar-refractivity contribution in [2.45, 2.75) is 13.0 Å². The zero-order valence-electron chi connectivity index (χ0n) is 12.7. The van der Waals surface area contributed by atoms with Crippen molar-refractivity contribution in [2.75, 3.05) is 11.1 Å². The number of nitrogens with one attached hydrogen (secondary N) is 1. The van der Waals surface area contributed by atoms with Gasteiger partial charge in [-0.25, -0.2) is 4.79 Å². The molecule has 2 rings (SSSR count). The Hall–Kier alpha value is -3.04. The lowest BCUT2D eigenvalue weighted by atomic mass is 10.2. The molecule has 0 spiro atoms. The van der Waals surface area contributed by atoms with Crippen molar-refractivity contribution in [2.24, 2.45) is 0 Å². The first kappa shape index (κ1) is 17.3. The second-order valence-electron chi connectivity index (χ2n) is 4.93. The van der Waals surface area contributed by atoms with Gasteiger partial charge in [-0.2, -0.15) is 5.26 Å². The molecule has 0 unspecified atom stereocenters. The van der Waals surface area contributed by atoms with E-state index in [2.05, 4.69) is 5.32 Å². The Labute approximate surface area is 143 Å². The van der Waals surface area contributed by atoms with Crippen LogP contribution in [0.2, 0.25) is 5.02 Å². The third-order valence-electron chi connectivity index (χ3n) is 3.19. The van der Waals surface area contributed by atoms with Crippen LogP contribution in [0.25, 0.3) is 0 Å². The highest BCUT2D eigenvalue weighted by Gasteiger charge is 2.21. The Bertz CT molecular complexity index is 830. The average molecular weight is 344 g/mol. The summed E-state index contributed by atoms with van der Waals surface area (Å²) in [7, 11) is 0. The number of nitrogens with zero attached hydrogens (tertiary/aromatic N) is 1. The number of amides is 1. The van der Waals surface area contributed by atoms with Crippen molar-refractivity contribution >= 4 is 34.9 Å². The summed E-state index contributed by atoms with van der Waals surface area (Å²) in [6.45, 7) is 1.42. The summed E-state index contributed by atoms with van der Waals surface area (Å²) in [4.78, 5) is 24.2. The molecule has 2 aromatic rings. The lowest BCUT2D eigenvalue weighted by molar-refractivity contribution is -0.123. The van der Waals surface area contributed by atoms with E-state index < -0.39 is 18.0 Å². The summed E-state index contributed by atoms with van der Waals surface area (Å²) < 4.78 is 5.11. The normalized spacial score (nSPS) is 11.2. The van der Waals surface area contributed by atoms with Gasteiger partial charge in [0.2, 0.25) is 0 Å². The van der Waals surface area contributed by atoms with Gasteiger partial charge in [-0.1, -0.05) is 23.7 Å². The number of nitrogen functional groups attached to an aromatic ring is 1. The van der Waals surface area contributed by atoms with Crippen LogP contribution in [0, 0.1) is 11.3 Å². The molecule has 24 heavy (non-hydrogen) atoms. The lowest BCUT2D eigenvalue weighted by Gasteiger charge is -2.15. The molecular formula is C17H14ClN3O3. The summed E-state index contributed by atoms with van der Waals surface area (Å²) in [5, 5.41) is 11.9. The number of para-hydroxylation sites is 1. The summed E-state index contributed by atoms with van der Waals surface area (Å²) in [6.07, 6.45) is -1.07. The monoisotopic (exact) mass is 343 g/mol. The highest BCUT2D eigenvalue weighted by molar-refractivity contribution is 6.31. The SMILES string of the molecule is C[C@@H](OC(=O)c1ccc(Cl)cc1N)C(=O)Nc1ccccc1C#N. The van der Waals surface area contributed by atoms with Crippen molar-refractivity contribution in [1.29, 1.82) is 5.26 Å². The minimum Gasteiger partial charge on any atom is -0.449 e. The fourth-order valence-corrected chi connectivity index (χ4v) is 2.10. The highest BCUT2D eigenvalue weighted by atomic mass is 35.5. The molecule has 122 valence electrons. The molecule has 2 aromatic carbocycles. The number of hydrogen-bond acceptors (Lipinski definition) is 5. The van der Waals surface area contributed by atoms with Gasteiger partial charge in [-0.3, -0.25) is 4.79 Å². The molecule has 0 aliphatic rings. The summed E-state index contributed by atoms with van der Waals surface area (Å²) in [5.74, 6) is -1.29. The van der Waals surface area contributed by atoms with Gasteiger partial charge in [0, 0.05) is 10.7 Å². The molecule has 0 bridgehead atoms. The number of benzene rings is 2. The largest absolute Gasteiger partial charge is 0.449 e. The van der Waals surface area contributed by atoms with Gasteiger partial charge >= 0.3 is 5.97 Å². The Morgan fingerprint density at radius 2 is 2.00 bits per heavy atom. The molecule has 1 atom stereocenters. The molecule has 0 heterocycles. The molecule has 6 nitrogen and oxygen atoms in total. The zero-order chi connectivity index (χ0) is 17.7. The van der Waals surface area contributed by atoms with Crippen LogP contribution in [0.5, 0.6) is 0 Å². The predicted octanol–water partition coefficient (Wildman–Crippen LogP) is 2.98. The number of ether oxygens (including phenoxy) is 1. The molecule has 3 N–H and O–H groups in total. The van der Waals surface area contributed by atoms with E-state index in [4.69, 9.17) is 27.3 Å². The molecule has 7 heteroatoms. The van der Waals surface area contributed by atoms with Crippen LogP contribution < -0.4 is 11.1 Å². The van der Waals surface area contributed by atoms with Crippen molar-refractivity contribution in [1.82, 2.24) is 0 Å². The fourth-order valence-electron chi connectivity index (χ4n) is 1.92. The second-order valence-corrected chi connectivity index (χ2v) is 5.36. The van der Waals surface area contributed by atoms with Crippen LogP contribution in [-0.2, 0) is 9.53 Å². The van der Waals surface area contributed by atoms with Crippen LogP contribution in [-0.4, -0.2) is 18.0 Å². The van der Waals surface area contributed by atoms with E-state index in [1.807, 2.05) is 6.07 Å². The van der Waals surface area contributed by atoms with Crippen LogP contribution >= 0.6 is 11.6 Å². The number of anilines is 2. The van der Waals surface area contributed by atoms with Gasteiger partial charge in [-0.05, 0) is 37.3 Å². The van der Waals surface area contributed by atoms with Gasteiger partial charge in [0.15, 0.2) is 6.10 Å². The van der Waals surface area contributed by atoms with E-state index in [9.17, 15) is 9.59 Å². The third kappa shape index (κ3) is 4.03. The number of halogens is 1. The van der Waals surface area contributed by atoms with Crippen molar-refractivity contribution in [3.63, 3.8) is 0 Å². The first-order valence-corrected chi connectivity index (χ1v) is 7.36. The number of carbonyl (C=O) groups is 2. The van der Waals surface area contributed by atoms with E-state index in [0.717, 1.165) is 0 Å². The molecule has 0 saturated heterocycles. The van der Waals surface area contributed by atoms with E-state index in [1.54, 1.807) is 24.3 Å². The van der Waals surface area contributed by atoms with Gasteiger partial charge < -0.3 is 15.8 Å². The number of hydrogen-bond donors (Lipinski definition) is 2. The van der Waals surface area contributed by atoms with Crippen LogP contribution in [0.15, 0.2) is 42.5 Å². The summed E-state index contributed by atoms with van der Waals surface area (Å²) in [6, 6.07) is 12.8. The molecule has 0 saturated carbocycles. The van der Waals surface area contributed by atoms with Crippen LogP contribution in [0.4, 0.5) is 11.4 Å². The van der Waals surface area contributed by atoms with Gasteiger partial charge in [-0.15, -0.1) is 0 Å². The minimum atomic E-state index is -1.07. The first-order chi connectivity index (χ1) is 11.4. The summed E-state index contributed by atoms with van der Waals surface area (Å²) >= 11 is 5.77. The highest BCUT2D eigenvalue weighted by Crippen LogP contribution is 2.20. The topological polar surface area (TPSA) is 105 Å². The Kier molecular flexibility index (Phi) is 5.40. The molecule has 1 amide bonds. The molecular weight excluding hydrogens is 330 g/mol. The van der Waals surface area contributed by atoms with E-state index in [-0.39, 0.29) is 11.3 Å². The zero-order valence-corrected chi connectivity index (χ0v) is 13.5. The Balaban J connectivity index is 2.06. The van der Waals surface area contributed by atoms with Gasteiger partial charge in [0.05, 0.1) is 16.8 Å².